The molecular formula is C10H16N4O3. The summed E-state index contributed by atoms with van der Waals surface area (Å²) in [5.74, 6) is -0.818. The second kappa shape index (κ2) is 3.49. The normalized spacial score (nSPS) is 28.8. The molecule has 7 heteroatoms. The van der Waals surface area contributed by atoms with Crippen LogP contribution in [-0.4, -0.2) is 42.5 Å². The maximum Gasteiger partial charge on any atom is 0.317 e. The molecular weight excluding hydrogens is 224 g/mol. The van der Waals surface area contributed by atoms with Gasteiger partial charge in [0.2, 0.25) is 0 Å². The molecule has 1 aliphatic carbocycles. The average molecular weight is 240 g/mol. The summed E-state index contributed by atoms with van der Waals surface area (Å²) < 4.78 is 0. The predicted octanol–water partition coefficient (Wildman–Crippen LogP) is -0.0948. The van der Waals surface area contributed by atoms with Gasteiger partial charge in [0.05, 0.1) is 11.6 Å². The van der Waals surface area contributed by atoms with Gasteiger partial charge in [-0.15, -0.1) is 10.2 Å². The highest BCUT2D eigenvalue weighted by Crippen LogP contribution is 2.42. The first-order valence-electron chi connectivity index (χ1n) is 5.48. The molecule has 1 saturated carbocycles. The molecule has 94 valence electrons. The molecule has 0 spiro atoms. The summed E-state index contributed by atoms with van der Waals surface area (Å²) in [6.07, 6.45) is -0.288. The second-order valence-electron chi connectivity index (χ2n) is 5.52. The SMILES string of the molecule is CC(C)(C)n1nnc(C2(C(=O)O)CC(O)C2)n1. The molecule has 7 nitrogen and oxygen atoms in total. The number of hydrogen-bond acceptors (Lipinski definition) is 5. The predicted molar refractivity (Wildman–Crippen MR) is 57.4 cm³/mol. The van der Waals surface area contributed by atoms with E-state index in [0.29, 0.717) is 0 Å². The monoisotopic (exact) mass is 240 g/mol. The molecule has 17 heavy (non-hydrogen) atoms. The van der Waals surface area contributed by atoms with Gasteiger partial charge in [-0.2, -0.15) is 4.80 Å². The lowest BCUT2D eigenvalue weighted by Gasteiger charge is -2.38. The van der Waals surface area contributed by atoms with Gasteiger partial charge in [-0.25, -0.2) is 0 Å². The summed E-state index contributed by atoms with van der Waals surface area (Å²) in [6, 6.07) is 0. The zero-order valence-electron chi connectivity index (χ0n) is 10.1. The van der Waals surface area contributed by atoms with E-state index in [1.165, 1.54) is 4.80 Å². The number of carboxylic acids is 1. The van der Waals surface area contributed by atoms with Crippen LogP contribution in [0.4, 0.5) is 0 Å². The van der Waals surface area contributed by atoms with E-state index < -0.39 is 17.5 Å². The van der Waals surface area contributed by atoms with Crippen LogP contribution >= 0.6 is 0 Å². The minimum atomic E-state index is -1.16. The van der Waals surface area contributed by atoms with Crippen molar-refractivity contribution < 1.29 is 15.0 Å². The largest absolute Gasteiger partial charge is 0.480 e. The molecule has 1 aromatic rings. The fraction of sp³-hybridized carbons (Fsp3) is 0.800. The Kier molecular flexibility index (Phi) is 2.46. The third-order valence-corrected chi connectivity index (χ3v) is 3.02. The summed E-state index contributed by atoms with van der Waals surface area (Å²) in [7, 11) is 0. The molecule has 1 fully saturated rings. The fourth-order valence-corrected chi connectivity index (χ4v) is 1.89. The van der Waals surface area contributed by atoms with Crippen LogP contribution in [0.2, 0.25) is 0 Å². The molecule has 2 N–H and O–H groups in total. The standard InChI is InChI=1S/C10H16N4O3/c1-9(2,3)14-12-7(11-13-14)10(8(16)17)4-6(15)5-10/h6,15H,4-5H2,1-3H3,(H,16,17). The van der Waals surface area contributed by atoms with Gasteiger partial charge in [0.25, 0.3) is 0 Å². The van der Waals surface area contributed by atoms with Crippen LogP contribution in [-0.2, 0) is 15.7 Å². The molecule has 1 aliphatic rings. The highest BCUT2D eigenvalue weighted by Gasteiger charge is 2.55. The number of carbonyl (C=O) groups is 1. The molecule has 1 aromatic heterocycles. The smallest absolute Gasteiger partial charge is 0.317 e. The quantitative estimate of drug-likeness (QED) is 0.749. The van der Waals surface area contributed by atoms with Crippen molar-refractivity contribution in [2.45, 2.75) is 50.7 Å². The Morgan fingerprint density at radius 2 is 2.06 bits per heavy atom. The molecule has 2 rings (SSSR count). The molecule has 0 unspecified atom stereocenters. The first kappa shape index (κ1) is 12.0. The van der Waals surface area contributed by atoms with Crippen molar-refractivity contribution in [3.63, 3.8) is 0 Å². The van der Waals surface area contributed by atoms with E-state index in [1.54, 1.807) is 0 Å². The van der Waals surface area contributed by atoms with Crippen molar-refractivity contribution in [1.82, 2.24) is 20.2 Å². The van der Waals surface area contributed by atoms with Crippen LogP contribution in [0.1, 0.15) is 39.4 Å². The Morgan fingerprint density at radius 1 is 1.47 bits per heavy atom. The summed E-state index contributed by atoms with van der Waals surface area (Å²) in [5, 5.41) is 30.4. The zero-order chi connectivity index (χ0) is 12.8. The van der Waals surface area contributed by atoms with Crippen LogP contribution in [0.5, 0.6) is 0 Å². The number of aliphatic hydroxyl groups is 1. The minimum absolute atomic E-state index is 0.151. The Morgan fingerprint density at radius 3 is 2.41 bits per heavy atom. The Hall–Kier alpha value is -1.50. The van der Waals surface area contributed by atoms with Crippen LogP contribution < -0.4 is 0 Å². The van der Waals surface area contributed by atoms with Crippen LogP contribution in [0.15, 0.2) is 0 Å². The highest BCUT2D eigenvalue weighted by atomic mass is 16.4. The van der Waals surface area contributed by atoms with Gasteiger partial charge in [-0.05, 0) is 38.8 Å². The van der Waals surface area contributed by atoms with Gasteiger partial charge < -0.3 is 10.2 Å². The fourth-order valence-electron chi connectivity index (χ4n) is 1.89. The first-order valence-corrected chi connectivity index (χ1v) is 5.48. The topological polar surface area (TPSA) is 101 Å². The Balaban J connectivity index is 2.34. The molecule has 0 amide bonds. The summed E-state index contributed by atoms with van der Waals surface area (Å²) in [6.45, 7) is 5.71. The minimum Gasteiger partial charge on any atom is -0.480 e. The highest BCUT2D eigenvalue weighted by molar-refractivity contribution is 5.81. The van der Waals surface area contributed by atoms with Crippen molar-refractivity contribution in [3.05, 3.63) is 5.82 Å². The van der Waals surface area contributed by atoms with Crippen molar-refractivity contribution >= 4 is 5.97 Å². The number of aromatic nitrogens is 4. The molecule has 0 aliphatic heterocycles. The number of aliphatic carboxylic acids is 1. The van der Waals surface area contributed by atoms with E-state index in [2.05, 4.69) is 15.4 Å². The van der Waals surface area contributed by atoms with Crippen LogP contribution in [0, 0.1) is 0 Å². The zero-order valence-corrected chi connectivity index (χ0v) is 10.1. The molecule has 0 aromatic carbocycles. The average Bonchev–Trinajstić information content (AvgIpc) is 2.59. The van der Waals surface area contributed by atoms with E-state index in [1.807, 2.05) is 20.8 Å². The van der Waals surface area contributed by atoms with Gasteiger partial charge in [-0.1, -0.05) is 0 Å². The number of hydrogen-bond donors (Lipinski definition) is 2. The van der Waals surface area contributed by atoms with E-state index in [9.17, 15) is 15.0 Å². The number of aliphatic hydroxyl groups excluding tert-OH is 1. The molecule has 0 radical (unpaired) electrons. The van der Waals surface area contributed by atoms with Gasteiger partial charge in [-0.3, -0.25) is 4.79 Å². The van der Waals surface area contributed by atoms with Crippen molar-refractivity contribution in [1.29, 1.82) is 0 Å². The number of nitrogens with zero attached hydrogens (tertiary/aromatic N) is 4. The molecule has 0 atom stereocenters. The van der Waals surface area contributed by atoms with Crippen LogP contribution in [0.25, 0.3) is 0 Å². The molecule has 1 heterocycles. The number of rotatable bonds is 2. The Bertz CT molecular complexity index is 443. The lowest BCUT2D eigenvalue weighted by molar-refractivity contribution is -0.153. The lowest BCUT2D eigenvalue weighted by atomic mass is 9.66. The number of tetrazole rings is 1. The number of carboxylic acid groups (broad SMARTS) is 1. The van der Waals surface area contributed by atoms with Gasteiger partial charge in [0, 0.05) is 0 Å². The second-order valence-corrected chi connectivity index (χ2v) is 5.52. The maximum atomic E-state index is 11.3. The van der Waals surface area contributed by atoms with Crippen LogP contribution in [0.3, 0.4) is 0 Å². The van der Waals surface area contributed by atoms with Crippen molar-refractivity contribution in [2.75, 3.05) is 0 Å². The van der Waals surface area contributed by atoms with Gasteiger partial charge in [0.1, 0.15) is 5.41 Å². The summed E-state index contributed by atoms with van der Waals surface area (Å²) in [4.78, 5) is 12.7. The summed E-state index contributed by atoms with van der Waals surface area (Å²) in [5.41, 5.74) is -1.50. The maximum absolute atomic E-state index is 11.3. The molecule has 0 saturated heterocycles. The summed E-state index contributed by atoms with van der Waals surface area (Å²) >= 11 is 0. The van der Waals surface area contributed by atoms with E-state index in [-0.39, 0.29) is 24.2 Å². The van der Waals surface area contributed by atoms with Crippen molar-refractivity contribution in [2.24, 2.45) is 0 Å². The third kappa shape index (κ3) is 1.80. The van der Waals surface area contributed by atoms with Gasteiger partial charge in [0.15, 0.2) is 5.82 Å². The molecule has 0 bridgehead atoms. The third-order valence-electron chi connectivity index (χ3n) is 3.02. The van der Waals surface area contributed by atoms with E-state index in [0.717, 1.165) is 0 Å². The van der Waals surface area contributed by atoms with Gasteiger partial charge >= 0.3 is 5.97 Å². The lowest BCUT2D eigenvalue weighted by Crippen LogP contribution is -2.51. The van der Waals surface area contributed by atoms with E-state index >= 15 is 0 Å². The van der Waals surface area contributed by atoms with Crippen molar-refractivity contribution in [3.8, 4) is 0 Å². The van der Waals surface area contributed by atoms with E-state index in [4.69, 9.17) is 0 Å². The first-order chi connectivity index (χ1) is 7.75. The Labute approximate surface area is 98.4 Å².